The number of carbonyl (C=O) groups excluding carboxylic acids is 1. The topological polar surface area (TPSA) is 55.1 Å². The number of rotatable bonds is 7. The Morgan fingerprint density at radius 1 is 1.32 bits per heavy atom. The second-order valence-electron chi connectivity index (χ2n) is 4.70. The average Bonchev–Trinajstić information content (AvgIpc) is 2.49. The third-order valence-corrected chi connectivity index (χ3v) is 5.34. The van der Waals surface area contributed by atoms with Crippen molar-refractivity contribution < 1.29 is 4.79 Å². The van der Waals surface area contributed by atoms with Gasteiger partial charge in [-0.3, -0.25) is 4.79 Å². The lowest BCUT2D eigenvalue weighted by Crippen LogP contribution is -2.43. The standard InChI is InChI=1S/C15H24N2OS/c1-4-15(5-2,19-3)11-17-14(18)13(16)12-9-7-6-8-10-12/h6-10,13H,4-5,11,16H2,1-3H3,(H,17,18). The van der Waals surface area contributed by atoms with E-state index in [0.29, 0.717) is 6.54 Å². The molecule has 0 saturated carbocycles. The fourth-order valence-electron chi connectivity index (χ4n) is 2.03. The summed E-state index contributed by atoms with van der Waals surface area (Å²) in [5.74, 6) is -0.105. The molecule has 0 fully saturated rings. The van der Waals surface area contributed by atoms with Gasteiger partial charge in [-0.2, -0.15) is 11.8 Å². The predicted octanol–water partition coefficient (Wildman–Crippen LogP) is 2.72. The molecule has 3 nitrogen and oxygen atoms in total. The van der Waals surface area contributed by atoms with E-state index in [0.717, 1.165) is 18.4 Å². The van der Waals surface area contributed by atoms with Crippen LogP contribution in [-0.2, 0) is 4.79 Å². The Morgan fingerprint density at radius 2 is 1.89 bits per heavy atom. The van der Waals surface area contributed by atoms with Gasteiger partial charge in [0.15, 0.2) is 0 Å². The molecular formula is C15H24N2OS. The summed E-state index contributed by atoms with van der Waals surface area (Å²) in [7, 11) is 0. The molecule has 0 heterocycles. The molecule has 106 valence electrons. The number of thioether (sulfide) groups is 1. The van der Waals surface area contributed by atoms with Crippen LogP contribution < -0.4 is 11.1 Å². The lowest BCUT2D eigenvalue weighted by molar-refractivity contribution is -0.122. The minimum Gasteiger partial charge on any atom is -0.353 e. The van der Waals surface area contributed by atoms with Gasteiger partial charge in [-0.25, -0.2) is 0 Å². The maximum absolute atomic E-state index is 12.1. The summed E-state index contributed by atoms with van der Waals surface area (Å²) >= 11 is 1.81. The number of nitrogens with two attached hydrogens (primary N) is 1. The van der Waals surface area contributed by atoms with Crippen LogP contribution in [0.3, 0.4) is 0 Å². The molecule has 1 rings (SSSR count). The molecule has 1 amide bonds. The third kappa shape index (κ3) is 4.25. The lowest BCUT2D eigenvalue weighted by atomic mass is 10.0. The summed E-state index contributed by atoms with van der Waals surface area (Å²) < 4.78 is 0.117. The number of nitrogens with one attached hydrogen (secondary N) is 1. The molecule has 0 aliphatic rings. The number of carbonyl (C=O) groups is 1. The Bertz CT molecular complexity index is 382. The molecule has 0 spiro atoms. The fourth-order valence-corrected chi connectivity index (χ4v) is 2.82. The Kier molecular flexibility index (Phi) is 6.38. The van der Waals surface area contributed by atoms with Crippen molar-refractivity contribution in [1.29, 1.82) is 0 Å². The number of hydrogen-bond acceptors (Lipinski definition) is 3. The highest BCUT2D eigenvalue weighted by atomic mass is 32.2. The van der Waals surface area contributed by atoms with E-state index in [-0.39, 0.29) is 10.7 Å². The summed E-state index contributed by atoms with van der Waals surface area (Å²) in [6.45, 7) is 4.98. The molecule has 0 aliphatic carbocycles. The van der Waals surface area contributed by atoms with Crippen LogP contribution in [0.2, 0.25) is 0 Å². The van der Waals surface area contributed by atoms with E-state index in [4.69, 9.17) is 5.73 Å². The zero-order valence-corrected chi connectivity index (χ0v) is 12.8. The van der Waals surface area contributed by atoms with Crippen molar-refractivity contribution in [3.8, 4) is 0 Å². The average molecular weight is 280 g/mol. The highest BCUT2D eigenvalue weighted by Crippen LogP contribution is 2.29. The van der Waals surface area contributed by atoms with Gasteiger partial charge in [0.1, 0.15) is 6.04 Å². The molecule has 0 aromatic heterocycles. The van der Waals surface area contributed by atoms with Gasteiger partial charge in [-0.05, 0) is 24.7 Å². The Morgan fingerprint density at radius 3 is 2.37 bits per heavy atom. The van der Waals surface area contributed by atoms with Crippen LogP contribution in [0.25, 0.3) is 0 Å². The number of benzene rings is 1. The summed E-state index contributed by atoms with van der Waals surface area (Å²) in [5, 5.41) is 2.99. The molecule has 1 aromatic carbocycles. The van der Waals surface area contributed by atoms with Crippen LogP contribution in [0.5, 0.6) is 0 Å². The van der Waals surface area contributed by atoms with Gasteiger partial charge in [0.25, 0.3) is 0 Å². The van der Waals surface area contributed by atoms with Gasteiger partial charge in [0.2, 0.25) is 5.91 Å². The van der Waals surface area contributed by atoms with Crippen LogP contribution in [-0.4, -0.2) is 23.5 Å². The minimum absolute atomic E-state index is 0.105. The minimum atomic E-state index is -0.588. The van der Waals surface area contributed by atoms with Crippen molar-refractivity contribution >= 4 is 17.7 Å². The van der Waals surface area contributed by atoms with Crippen molar-refractivity contribution in [2.75, 3.05) is 12.8 Å². The first-order chi connectivity index (χ1) is 9.08. The van der Waals surface area contributed by atoms with Crippen molar-refractivity contribution in [1.82, 2.24) is 5.32 Å². The van der Waals surface area contributed by atoms with Crippen molar-refractivity contribution in [2.24, 2.45) is 5.73 Å². The summed E-state index contributed by atoms with van der Waals surface area (Å²) in [4.78, 5) is 12.1. The maximum Gasteiger partial charge on any atom is 0.241 e. The second-order valence-corrected chi connectivity index (χ2v) is 5.97. The smallest absolute Gasteiger partial charge is 0.241 e. The first-order valence-corrected chi connectivity index (χ1v) is 7.94. The van der Waals surface area contributed by atoms with Crippen molar-refractivity contribution in [3.63, 3.8) is 0 Å². The van der Waals surface area contributed by atoms with E-state index < -0.39 is 6.04 Å². The quantitative estimate of drug-likeness (QED) is 0.807. The Hall–Kier alpha value is -1.00. The molecule has 0 saturated heterocycles. The van der Waals surface area contributed by atoms with E-state index in [2.05, 4.69) is 25.4 Å². The van der Waals surface area contributed by atoms with Crippen LogP contribution in [0, 0.1) is 0 Å². The molecule has 19 heavy (non-hydrogen) atoms. The van der Waals surface area contributed by atoms with Gasteiger partial charge >= 0.3 is 0 Å². The van der Waals surface area contributed by atoms with Crippen LogP contribution >= 0.6 is 11.8 Å². The van der Waals surface area contributed by atoms with Gasteiger partial charge in [-0.1, -0.05) is 44.2 Å². The van der Waals surface area contributed by atoms with E-state index >= 15 is 0 Å². The van der Waals surface area contributed by atoms with Gasteiger partial charge < -0.3 is 11.1 Å². The maximum atomic E-state index is 12.1. The molecule has 1 aromatic rings. The monoisotopic (exact) mass is 280 g/mol. The molecule has 1 unspecified atom stereocenters. The van der Waals surface area contributed by atoms with Crippen LogP contribution in [0.15, 0.2) is 30.3 Å². The molecule has 3 N–H and O–H groups in total. The van der Waals surface area contributed by atoms with Crippen molar-refractivity contribution in [2.45, 2.75) is 37.5 Å². The first-order valence-electron chi connectivity index (χ1n) is 6.72. The summed E-state index contributed by atoms with van der Waals surface area (Å²) in [5.41, 5.74) is 6.82. The van der Waals surface area contributed by atoms with Crippen LogP contribution in [0.4, 0.5) is 0 Å². The molecule has 0 bridgehead atoms. The highest BCUT2D eigenvalue weighted by Gasteiger charge is 2.26. The highest BCUT2D eigenvalue weighted by molar-refractivity contribution is 8.00. The summed E-state index contributed by atoms with van der Waals surface area (Å²) in [6, 6.07) is 8.88. The molecule has 4 heteroatoms. The van der Waals surface area contributed by atoms with E-state index in [1.54, 1.807) is 0 Å². The van der Waals surface area contributed by atoms with Crippen molar-refractivity contribution in [3.05, 3.63) is 35.9 Å². The van der Waals surface area contributed by atoms with E-state index in [1.165, 1.54) is 0 Å². The largest absolute Gasteiger partial charge is 0.353 e. The summed E-state index contributed by atoms with van der Waals surface area (Å²) in [6.07, 6.45) is 4.16. The SMILES string of the molecule is CCC(CC)(CNC(=O)C(N)c1ccccc1)SC. The van der Waals surface area contributed by atoms with E-state index in [1.807, 2.05) is 42.1 Å². The fraction of sp³-hybridized carbons (Fsp3) is 0.533. The van der Waals surface area contributed by atoms with Gasteiger partial charge in [-0.15, -0.1) is 0 Å². The third-order valence-electron chi connectivity index (χ3n) is 3.75. The first kappa shape index (κ1) is 16.1. The predicted molar refractivity (Wildman–Crippen MR) is 83.2 cm³/mol. The van der Waals surface area contributed by atoms with Gasteiger partial charge in [0.05, 0.1) is 0 Å². The zero-order valence-electron chi connectivity index (χ0n) is 12.0. The lowest BCUT2D eigenvalue weighted by Gasteiger charge is -2.30. The molecule has 0 radical (unpaired) electrons. The normalized spacial score (nSPS) is 13.1. The number of amides is 1. The zero-order chi connectivity index (χ0) is 14.3. The van der Waals surface area contributed by atoms with E-state index in [9.17, 15) is 4.79 Å². The van der Waals surface area contributed by atoms with Crippen LogP contribution in [0.1, 0.15) is 38.3 Å². The number of hydrogen-bond donors (Lipinski definition) is 2. The molecular weight excluding hydrogens is 256 g/mol. The Balaban J connectivity index is 2.60. The molecule has 0 aliphatic heterocycles. The van der Waals surface area contributed by atoms with Gasteiger partial charge in [0, 0.05) is 11.3 Å². The molecule has 1 atom stereocenters. The Labute approximate surface area is 120 Å². The second kappa shape index (κ2) is 7.56.